The van der Waals surface area contributed by atoms with Gasteiger partial charge < -0.3 is 0 Å². The minimum atomic E-state index is -0.297. The van der Waals surface area contributed by atoms with Gasteiger partial charge in [-0.3, -0.25) is 9.97 Å². The summed E-state index contributed by atoms with van der Waals surface area (Å²) < 4.78 is 0.234. The molecule has 5 heteroatoms. The van der Waals surface area contributed by atoms with Gasteiger partial charge in [0.15, 0.2) is 0 Å². The first kappa shape index (κ1) is 8.13. The highest BCUT2D eigenvalue weighted by atomic mass is 32.1. The molecule has 0 radical (unpaired) electrons. The van der Waals surface area contributed by atoms with Crippen LogP contribution in [0.3, 0.4) is 0 Å². The van der Waals surface area contributed by atoms with Crippen molar-refractivity contribution in [1.82, 2.24) is 15.0 Å². The third-order valence-corrected chi connectivity index (χ3v) is 1.42. The van der Waals surface area contributed by atoms with Crippen LogP contribution in [0.4, 0.5) is 0 Å². The molecule has 0 aliphatic heterocycles. The maximum Gasteiger partial charge on any atom is 0.326 e. The summed E-state index contributed by atoms with van der Waals surface area (Å²) in [5, 5.41) is 0. The van der Waals surface area contributed by atoms with Crippen LogP contribution >= 0.6 is 12.2 Å². The lowest BCUT2D eigenvalue weighted by Gasteiger charge is -2.00. The van der Waals surface area contributed by atoms with Crippen LogP contribution in [0.25, 0.3) is 0 Å². The van der Waals surface area contributed by atoms with Crippen molar-refractivity contribution in [2.45, 2.75) is 19.8 Å². The number of nitrogens with one attached hydrogen (secondary N) is 2. The van der Waals surface area contributed by atoms with E-state index in [-0.39, 0.29) is 16.4 Å². The summed E-state index contributed by atoms with van der Waals surface area (Å²) in [5.74, 6) is 0.817. The molecule has 0 spiro atoms. The Morgan fingerprint density at radius 1 is 1.45 bits per heavy atom. The Labute approximate surface area is 68.7 Å². The molecule has 2 N–H and O–H groups in total. The molecule has 1 aromatic rings. The first-order chi connectivity index (χ1) is 5.09. The van der Waals surface area contributed by atoms with Crippen LogP contribution in [0, 0.1) is 4.77 Å². The van der Waals surface area contributed by atoms with Crippen molar-refractivity contribution in [2.75, 3.05) is 0 Å². The molecule has 0 saturated carbocycles. The number of H-pyrrole nitrogens is 2. The molecule has 0 aromatic carbocycles. The summed E-state index contributed by atoms with van der Waals surface area (Å²) in [6, 6.07) is 0. The van der Waals surface area contributed by atoms with Gasteiger partial charge in [0.05, 0.1) is 0 Å². The molecule has 11 heavy (non-hydrogen) atoms. The Hall–Kier alpha value is -0.970. The van der Waals surface area contributed by atoms with E-state index in [4.69, 9.17) is 12.2 Å². The third kappa shape index (κ3) is 1.98. The SMILES string of the molecule is CC(C)c1nc(=S)[nH]c(=O)[nH]1. The fourth-order valence-corrected chi connectivity index (χ4v) is 0.874. The third-order valence-electron chi connectivity index (χ3n) is 1.23. The first-order valence-electron chi connectivity index (χ1n) is 3.30. The van der Waals surface area contributed by atoms with E-state index >= 15 is 0 Å². The molecular formula is C6H9N3OS. The molecule has 1 aromatic heterocycles. The van der Waals surface area contributed by atoms with E-state index in [1.54, 1.807) is 0 Å². The van der Waals surface area contributed by atoms with Gasteiger partial charge in [0.1, 0.15) is 5.82 Å². The summed E-state index contributed by atoms with van der Waals surface area (Å²) in [5.41, 5.74) is -0.297. The Balaban J connectivity index is 3.30. The van der Waals surface area contributed by atoms with Gasteiger partial charge in [0.25, 0.3) is 0 Å². The standard InChI is InChI=1S/C6H9N3OS/c1-3(2)4-7-5(10)9-6(11)8-4/h3H,1-2H3,(H2,7,8,9,10,11). The number of hydrogen-bond acceptors (Lipinski definition) is 3. The first-order valence-corrected chi connectivity index (χ1v) is 3.71. The lowest BCUT2D eigenvalue weighted by atomic mass is 10.2. The Kier molecular flexibility index (Phi) is 2.19. The molecule has 1 rings (SSSR count). The largest absolute Gasteiger partial charge is 0.326 e. The second-order valence-corrected chi connectivity index (χ2v) is 2.92. The van der Waals surface area contributed by atoms with Crippen molar-refractivity contribution < 1.29 is 0 Å². The van der Waals surface area contributed by atoms with Crippen LogP contribution in [-0.4, -0.2) is 15.0 Å². The van der Waals surface area contributed by atoms with Crippen LogP contribution < -0.4 is 5.69 Å². The smallest absolute Gasteiger partial charge is 0.295 e. The predicted octanol–water partition coefficient (Wildman–Crippen LogP) is 0.951. The number of aromatic nitrogens is 3. The van der Waals surface area contributed by atoms with Crippen LogP contribution in [0.2, 0.25) is 0 Å². The van der Waals surface area contributed by atoms with E-state index in [0.29, 0.717) is 5.82 Å². The number of nitrogens with zero attached hydrogens (tertiary/aromatic N) is 1. The van der Waals surface area contributed by atoms with Crippen molar-refractivity contribution in [3.8, 4) is 0 Å². The van der Waals surface area contributed by atoms with Crippen LogP contribution in [0.15, 0.2) is 4.79 Å². The van der Waals surface area contributed by atoms with Crippen molar-refractivity contribution in [3.63, 3.8) is 0 Å². The van der Waals surface area contributed by atoms with Gasteiger partial charge in [-0.2, -0.15) is 0 Å². The second kappa shape index (κ2) is 2.96. The van der Waals surface area contributed by atoms with Crippen molar-refractivity contribution in [2.24, 2.45) is 0 Å². The highest BCUT2D eigenvalue weighted by molar-refractivity contribution is 7.71. The highest BCUT2D eigenvalue weighted by Gasteiger charge is 2.00. The molecule has 0 aliphatic rings. The molecule has 1 heterocycles. The van der Waals surface area contributed by atoms with Crippen molar-refractivity contribution >= 4 is 12.2 Å². The average Bonchev–Trinajstić information content (AvgIpc) is 1.85. The topological polar surface area (TPSA) is 61.5 Å². The van der Waals surface area contributed by atoms with Crippen LogP contribution in [0.5, 0.6) is 0 Å². The van der Waals surface area contributed by atoms with Crippen molar-refractivity contribution in [1.29, 1.82) is 0 Å². The summed E-state index contributed by atoms with van der Waals surface area (Å²) in [7, 11) is 0. The lowest BCUT2D eigenvalue weighted by molar-refractivity contribution is 0.741. The Bertz CT molecular complexity index is 323. The zero-order valence-corrected chi connectivity index (χ0v) is 7.16. The maximum absolute atomic E-state index is 10.8. The molecule has 0 fully saturated rings. The molecule has 4 nitrogen and oxygen atoms in total. The fourth-order valence-electron chi connectivity index (χ4n) is 0.683. The molecule has 0 bridgehead atoms. The quantitative estimate of drug-likeness (QED) is 0.618. The van der Waals surface area contributed by atoms with E-state index < -0.39 is 0 Å². The summed E-state index contributed by atoms with van der Waals surface area (Å²) in [4.78, 5) is 19.7. The van der Waals surface area contributed by atoms with Crippen LogP contribution in [0.1, 0.15) is 25.6 Å². The normalized spacial score (nSPS) is 10.5. The van der Waals surface area contributed by atoms with E-state index in [2.05, 4.69) is 15.0 Å². The molecule has 0 saturated heterocycles. The van der Waals surface area contributed by atoms with E-state index in [9.17, 15) is 4.79 Å². The Morgan fingerprint density at radius 2 is 2.09 bits per heavy atom. The molecule has 0 unspecified atom stereocenters. The van der Waals surface area contributed by atoms with E-state index in [1.165, 1.54) is 0 Å². The van der Waals surface area contributed by atoms with Gasteiger partial charge in [-0.15, -0.1) is 0 Å². The summed E-state index contributed by atoms with van der Waals surface area (Å²) >= 11 is 4.72. The summed E-state index contributed by atoms with van der Waals surface area (Å²) in [6.45, 7) is 3.88. The van der Waals surface area contributed by atoms with Gasteiger partial charge in [-0.25, -0.2) is 9.78 Å². The Morgan fingerprint density at radius 3 is 2.55 bits per heavy atom. The average molecular weight is 171 g/mol. The molecule has 60 valence electrons. The number of rotatable bonds is 1. The zero-order valence-electron chi connectivity index (χ0n) is 6.34. The van der Waals surface area contributed by atoms with E-state index in [1.807, 2.05) is 13.8 Å². The molecule has 0 atom stereocenters. The number of aromatic amines is 2. The zero-order chi connectivity index (χ0) is 8.43. The highest BCUT2D eigenvalue weighted by Crippen LogP contribution is 2.03. The number of hydrogen-bond donors (Lipinski definition) is 2. The molecular weight excluding hydrogens is 162 g/mol. The molecule has 0 aliphatic carbocycles. The predicted molar refractivity (Wildman–Crippen MR) is 44.1 cm³/mol. The van der Waals surface area contributed by atoms with Gasteiger partial charge in [0.2, 0.25) is 4.77 Å². The minimum absolute atomic E-state index is 0.194. The van der Waals surface area contributed by atoms with Gasteiger partial charge >= 0.3 is 5.69 Å². The summed E-state index contributed by atoms with van der Waals surface area (Å²) in [6.07, 6.45) is 0. The van der Waals surface area contributed by atoms with Gasteiger partial charge in [-0.05, 0) is 12.2 Å². The van der Waals surface area contributed by atoms with Gasteiger partial charge in [-0.1, -0.05) is 13.8 Å². The maximum atomic E-state index is 10.8. The lowest BCUT2D eigenvalue weighted by Crippen LogP contribution is -2.15. The van der Waals surface area contributed by atoms with Crippen molar-refractivity contribution in [3.05, 3.63) is 21.1 Å². The monoisotopic (exact) mass is 171 g/mol. The van der Waals surface area contributed by atoms with E-state index in [0.717, 1.165) is 0 Å². The second-order valence-electron chi connectivity index (χ2n) is 2.54. The van der Waals surface area contributed by atoms with Gasteiger partial charge in [0, 0.05) is 5.92 Å². The minimum Gasteiger partial charge on any atom is -0.295 e. The molecule has 0 amide bonds. The van der Waals surface area contributed by atoms with Crippen LogP contribution in [-0.2, 0) is 0 Å². The fraction of sp³-hybridized carbons (Fsp3) is 0.500.